The first kappa shape index (κ1) is 16.7. The summed E-state index contributed by atoms with van der Waals surface area (Å²) < 4.78 is 29.7. The highest BCUT2D eigenvalue weighted by atomic mass is 32.2. The summed E-state index contributed by atoms with van der Waals surface area (Å²) in [4.78, 5) is 13.9. The van der Waals surface area contributed by atoms with E-state index in [9.17, 15) is 13.2 Å². The number of hydrogen-bond acceptors (Lipinski definition) is 5. The second-order valence-corrected chi connectivity index (χ2v) is 8.21. The lowest BCUT2D eigenvalue weighted by molar-refractivity contribution is -0.147. The van der Waals surface area contributed by atoms with Gasteiger partial charge in [0.1, 0.15) is 0 Å². The van der Waals surface area contributed by atoms with Gasteiger partial charge in [0.25, 0.3) is 0 Å². The molecule has 0 radical (unpaired) electrons. The van der Waals surface area contributed by atoms with Gasteiger partial charge in [0.2, 0.25) is 10.0 Å². The van der Waals surface area contributed by atoms with E-state index in [0.29, 0.717) is 19.0 Å². The van der Waals surface area contributed by atoms with Gasteiger partial charge in [-0.3, -0.25) is 4.79 Å². The largest absolute Gasteiger partial charge is 0.469 e. The highest BCUT2D eigenvalue weighted by Crippen LogP contribution is 2.23. The molecule has 2 rings (SSSR count). The summed E-state index contributed by atoms with van der Waals surface area (Å²) in [5.74, 6) is 0.337. The monoisotopic (exact) mass is 318 g/mol. The molecule has 0 amide bonds. The average molecular weight is 318 g/mol. The zero-order valence-electron chi connectivity index (χ0n) is 13.0. The van der Waals surface area contributed by atoms with Crippen LogP contribution in [0.15, 0.2) is 0 Å². The summed E-state index contributed by atoms with van der Waals surface area (Å²) in [5.41, 5.74) is 0. The maximum absolute atomic E-state index is 11.6. The van der Waals surface area contributed by atoms with Gasteiger partial charge in [-0.05, 0) is 44.7 Å². The number of sulfonamides is 1. The van der Waals surface area contributed by atoms with Gasteiger partial charge < -0.3 is 9.64 Å². The predicted octanol–water partition coefficient (Wildman–Crippen LogP) is 0.543. The maximum Gasteiger partial charge on any atom is 0.308 e. The van der Waals surface area contributed by atoms with Crippen LogP contribution in [0.2, 0.25) is 0 Å². The molecular weight excluding hydrogens is 292 g/mol. The molecule has 2 heterocycles. The first-order valence-corrected chi connectivity index (χ1v) is 9.50. The van der Waals surface area contributed by atoms with Crippen LogP contribution in [0, 0.1) is 11.8 Å². The van der Waals surface area contributed by atoms with Crippen LogP contribution >= 0.6 is 0 Å². The summed E-state index contributed by atoms with van der Waals surface area (Å²) in [6, 6.07) is 0. The second-order valence-electron chi connectivity index (χ2n) is 6.23. The Labute approximate surface area is 127 Å². The van der Waals surface area contributed by atoms with Gasteiger partial charge in [0, 0.05) is 19.6 Å². The minimum Gasteiger partial charge on any atom is -0.469 e. The summed E-state index contributed by atoms with van der Waals surface area (Å²) in [7, 11) is -1.63. The highest BCUT2D eigenvalue weighted by molar-refractivity contribution is 7.88. The third-order valence-corrected chi connectivity index (χ3v) is 5.86. The van der Waals surface area contributed by atoms with Crippen molar-refractivity contribution < 1.29 is 17.9 Å². The smallest absolute Gasteiger partial charge is 0.308 e. The summed E-state index contributed by atoms with van der Waals surface area (Å²) in [5, 5.41) is 0. The number of likely N-dealkylation sites (tertiary alicyclic amines) is 1. The number of nitrogens with zero attached hydrogens (tertiary/aromatic N) is 2. The average Bonchev–Trinajstić information content (AvgIpc) is 2.47. The molecular formula is C14H26N2O4S. The fourth-order valence-electron chi connectivity index (χ4n) is 3.36. The minimum atomic E-state index is -3.07. The summed E-state index contributed by atoms with van der Waals surface area (Å²) >= 11 is 0. The molecule has 1 atom stereocenters. The predicted molar refractivity (Wildman–Crippen MR) is 80.3 cm³/mol. The van der Waals surface area contributed by atoms with Gasteiger partial charge >= 0.3 is 5.97 Å². The number of piperidine rings is 2. The van der Waals surface area contributed by atoms with E-state index in [4.69, 9.17) is 4.74 Å². The zero-order valence-corrected chi connectivity index (χ0v) is 13.8. The lowest BCUT2D eigenvalue weighted by Gasteiger charge is -2.37. The van der Waals surface area contributed by atoms with Crippen LogP contribution in [0.1, 0.15) is 25.7 Å². The zero-order chi connectivity index (χ0) is 15.5. The Morgan fingerprint density at radius 2 is 1.86 bits per heavy atom. The molecule has 122 valence electrons. The number of esters is 1. The quantitative estimate of drug-likeness (QED) is 0.708. The van der Waals surface area contributed by atoms with E-state index < -0.39 is 10.0 Å². The van der Waals surface area contributed by atoms with Crippen molar-refractivity contribution in [1.82, 2.24) is 9.21 Å². The first-order chi connectivity index (χ1) is 9.90. The van der Waals surface area contributed by atoms with Crippen molar-refractivity contribution in [3.63, 3.8) is 0 Å². The fraction of sp³-hybridized carbons (Fsp3) is 0.929. The lowest BCUT2D eigenvalue weighted by atomic mass is 9.94. The molecule has 0 N–H and O–H groups in total. The third kappa shape index (κ3) is 4.66. The fourth-order valence-corrected chi connectivity index (χ4v) is 4.30. The maximum atomic E-state index is 11.6. The molecule has 2 fully saturated rings. The first-order valence-electron chi connectivity index (χ1n) is 7.65. The van der Waals surface area contributed by atoms with Crippen molar-refractivity contribution in [3.8, 4) is 0 Å². The van der Waals surface area contributed by atoms with Gasteiger partial charge in [-0.2, -0.15) is 0 Å². The molecule has 1 unspecified atom stereocenters. The van der Waals surface area contributed by atoms with E-state index in [0.717, 1.165) is 45.3 Å². The number of rotatable bonds is 4. The van der Waals surface area contributed by atoms with E-state index >= 15 is 0 Å². The highest BCUT2D eigenvalue weighted by Gasteiger charge is 2.30. The molecule has 0 aromatic heterocycles. The van der Waals surface area contributed by atoms with Crippen molar-refractivity contribution in [2.75, 3.05) is 46.1 Å². The van der Waals surface area contributed by atoms with Gasteiger partial charge in [0.15, 0.2) is 0 Å². The Bertz CT molecular complexity index is 458. The molecule has 0 aromatic carbocycles. The molecule has 0 saturated carbocycles. The molecule has 0 bridgehead atoms. The standard InChI is InChI=1S/C14H26N2O4S/c1-20-14(17)13-5-8-15(9-6-13)10-12-4-3-7-16(11-12)21(2,18)19/h12-13H,3-11H2,1-2H3. The number of carbonyl (C=O) groups excluding carboxylic acids is 1. The van der Waals surface area contributed by atoms with Crippen LogP contribution in [0.4, 0.5) is 0 Å². The van der Waals surface area contributed by atoms with Crippen LogP contribution in [0.5, 0.6) is 0 Å². The lowest BCUT2D eigenvalue weighted by Crippen LogP contribution is -2.45. The van der Waals surface area contributed by atoms with E-state index in [1.165, 1.54) is 13.4 Å². The number of ether oxygens (including phenoxy) is 1. The van der Waals surface area contributed by atoms with Gasteiger partial charge in [0.05, 0.1) is 19.3 Å². The Kier molecular flexibility index (Phi) is 5.62. The van der Waals surface area contributed by atoms with Crippen LogP contribution in [0.3, 0.4) is 0 Å². The van der Waals surface area contributed by atoms with Crippen LogP contribution in [0.25, 0.3) is 0 Å². The van der Waals surface area contributed by atoms with Crippen molar-refractivity contribution in [3.05, 3.63) is 0 Å². The minimum absolute atomic E-state index is 0.0325. The van der Waals surface area contributed by atoms with Crippen LogP contribution in [-0.4, -0.2) is 69.7 Å². The molecule has 2 aliphatic rings. The van der Waals surface area contributed by atoms with E-state index in [-0.39, 0.29) is 11.9 Å². The topological polar surface area (TPSA) is 66.9 Å². The van der Waals surface area contributed by atoms with Crippen molar-refractivity contribution in [2.24, 2.45) is 11.8 Å². The van der Waals surface area contributed by atoms with E-state index in [1.54, 1.807) is 4.31 Å². The number of carbonyl (C=O) groups is 1. The molecule has 0 aliphatic carbocycles. The van der Waals surface area contributed by atoms with Crippen molar-refractivity contribution in [2.45, 2.75) is 25.7 Å². The Morgan fingerprint density at radius 3 is 2.43 bits per heavy atom. The number of hydrogen-bond donors (Lipinski definition) is 0. The Balaban J connectivity index is 1.79. The SMILES string of the molecule is COC(=O)C1CCN(CC2CCCN(S(C)(=O)=O)C2)CC1. The molecule has 21 heavy (non-hydrogen) atoms. The van der Waals surface area contributed by atoms with Gasteiger partial charge in [-0.15, -0.1) is 0 Å². The molecule has 0 spiro atoms. The number of methoxy groups -OCH3 is 1. The summed E-state index contributed by atoms with van der Waals surface area (Å²) in [6.45, 7) is 4.01. The van der Waals surface area contributed by atoms with Crippen molar-refractivity contribution in [1.29, 1.82) is 0 Å². The molecule has 7 heteroatoms. The van der Waals surface area contributed by atoms with Crippen molar-refractivity contribution >= 4 is 16.0 Å². The third-order valence-electron chi connectivity index (χ3n) is 4.59. The van der Waals surface area contributed by atoms with Gasteiger partial charge in [-0.1, -0.05) is 0 Å². The second kappa shape index (κ2) is 7.07. The molecule has 2 aliphatic heterocycles. The van der Waals surface area contributed by atoms with Gasteiger partial charge in [-0.25, -0.2) is 12.7 Å². The Hall–Kier alpha value is -0.660. The van der Waals surface area contributed by atoms with E-state index in [2.05, 4.69) is 4.90 Å². The van der Waals surface area contributed by atoms with E-state index in [1.807, 2.05) is 0 Å². The molecule has 0 aromatic rings. The Morgan fingerprint density at radius 1 is 1.19 bits per heavy atom. The molecule has 6 nitrogen and oxygen atoms in total. The van der Waals surface area contributed by atoms with Crippen LogP contribution in [-0.2, 0) is 19.6 Å². The molecule has 2 saturated heterocycles. The normalized spacial score (nSPS) is 26.7. The van der Waals surface area contributed by atoms with Crippen LogP contribution < -0.4 is 0 Å². The summed E-state index contributed by atoms with van der Waals surface area (Å²) in [6.07, 6.45) is 5.00.